The highest BCUT2D eigenvalue weighted by Gasteiger charge is 2.26. The van der Waals surface area contributed by atoms with Gasteiger partial charge in [0.15, 0.2) is 11.1 Å². The van der Waals surface area contributed by atoms with Gasteiger partial charge in [-0.15, -0.1) is 0 Å². The van der Waals surface area contributed by atoms with Crippen LogP contribution >= 0.6 is 45.2 Å². The second-order valence-electron chi connectivity index (χ2n) is 9.31. The van der Waals surface area contributed by atoms with Crippen molar-refractivity contribution in [3.63, 3.8) is 0 Å². The lowest BCUT2D eigenvalue weighted by Crippen LogP contribution is -2.30. The first kappa shape index (κ1) is 29.4. The molecule has 0 unspecified atom stereocenters. The van der Waals surface area contributed by atoms with Crippen LogP contribution in [0.2, 0.25) is 0 Å². The first-order valence-corrected chi connectivity index (χ1v) is 13.2. The Hall–Kier alpha value is -3.14. The van der Waals surface area contributed by atoms with E-state index in [2.05, 4.69) is 22.6 Å². The molecule has 2 aromatic heterocycles. The molecule has 0 aliphatic heterocycles. The van der Waals surface area contributed by atoms with Crippen molar-refractivity contribution >= 4 is 78.9 Å². The highest BCUT2D eigenvalue weighted by molar-refractivity contribution is 14.1. The highest BCUT2D eigenvalue weighted by Crippen LogP contribution is 2.29. The van der Waals surface area contributed by atoms with Crippen molar-refractivity contribution in [1.29, 1.82) is 0 Å². The normalized spacial score (nSPS) is 11.2. The Morgan fingerprint density at radius 1 is 0.789 bits per heavy atom. The summed E-state index contributed by atoms with van der Waals surface area (Å²) in [6.45, 7) is 5.11. The van der Waals surface area contributed by atoms with E-state index in [4.69, 9.17) is 9.84 Å². The minimum Gasteiger partial charge on any atom is -0.506 e. The molecule has 200 valence electrons. The van der Waals surface area contributed by atoms with Crippen LogP contribution in [0.1, 0.15) is 41.5 Å². The molecule has 0 saturated heterocycles. The topological polar surface area (TPSA) is 148 Å². The summed E-state index contributed by atoms with van der Waals surface area (Å²) in [7, 11) is 3.04. The van der Waals surface area contributed by atoms with E-state index in [-0.39, 0.29) is 11.3 Å². The zero-order valence-electron chi connectivity index (χ0n) is 21.0. The van der Waals surface area contributed by atoms with Crippen molar-refractivity contribution in [3.8, 4) is 11.5 Å². The lowest BCUT2D eigenvalue weighted by molar-refractivity contribution is 0.00642. The van der Waals surface area contributed by atoms with E-state index >= 15 is 0 Å². The van der Waals surface area contributed by atoms with Crippen molar-refractivity contribution in [3.05, 3.63) is 75.4 Å². The molecule has 12 heteroatoms. The van der Waals surface area contributed by atoms with Gasteiger partial charge in [-0.25, -0.2) is 9.59 Å². The van der Waals surface area contributed by atoms with Crippen LogP contribution < -0.4 is 11.1 Å². The molecule has 3 N–H and O–H groups in total. The number of rotatable bonds is 2. The van der Waals surface area contributed by atoms with Crippen LogP contribution in [0.5, 0.6) is 11.5 Å². The smallest absolute Gasteiger partial charge is 0.348 e. The Balaban J connectivity index is 0.000000215. The second-order valence-corrected chi connectivity index (χ2v) is 11.8. The SMILES string of the molecule is Cn1c(=O)c(C(=O)O)c(O)c2cc(I)ccc21.Cn1c(=O)c(C(=O)OC(C)(C)C)c(O)c2cc(I)ccc21. The van der Waals surface area contributed by atoms with Gasteiger partial charge in [-0.3, -0.25) is 9.59 Å². The fraction of sp³-hybridized carbons (Fsp3) is 0.231. The lowest BCUT2D eigenvalue weighted by atomic mass is 10.1. The summed E-state index contributed by atoms with van der Waals surface area (Å²) in [6.07, 6.45) is 0. The minimum atomic E-state index is -1.43. The van der Waals surface area contributed by atoms with Crippen molar-refractivity contribution in [2.45, 2.75) is 26.4 Å². The van der Waals surface area contributed by atoms with Gasteiger partial charge in [0, 0.05) is 32.0 Å². The third-order valence-corrected chi connectivity index (χ3v) is 6.82. The van der Waals surface area contributed by atoms with E-state index in [9.17, 15) is 29.4 Å². The number of aromatic carboxylic acids is 1. The number of benzene rings is 2. The Morgan fingerprint density at radius 2 is 1.18 bits per heavy atom. The number of carboxylic acid groups (broad SMARTS) is 1. The number of carbonyl (C=O) groups excluding carboxylic acids is 1. The number of fused-ring (bicyclic) bond motifs is 2. The number of hydrogen-bond donors (Lipinski definition) is 3. The number of carbonyl (C=O) groups is 2. The van der Waals surface area contributed by atoms with Crippen LogP contribution in [0.25, 0.3) is 21.8 Å². The number of aryl methyl sites for hydroxylation is 2. The third kappa shape index (κ3) is 5.80. The molecule has 0 saturated carbocycles. The lowest BCUT2D eigenvalue weighted by Gasteiger charge is -2.20. The molecule has 0 radical (unpaired) electrons. The number of carboxylic acids is 1. The first-order valence-electron chi connectivity index (χ1n) is 11.0. The predicted molar refractivity (Wildman–Crippen MR) is 159 cm³/mol. The van der Waals surface area contributed by atoms with Crippen LogP contribution in [0.3, 0.4) is 0 Å². The fourth-order valence-electron chi connectivity index (χ4n) is 3.71. The fourth-order valence-corrected chi connectivity index (χ4v) is 4.70. The molecule has 0 spiro atoms. The third-order valence-electron chi connectivity index (χ3n) is 5.48. The average molecular weight is 746 g/mol. The Kier molecular flexibility index (Phi) is 8.45. The summed E-state index contributed by atoms with van der Waals surface area (Å²) in [4.78, 5) is 47.2. The molecular formula is C26H24I2N2O8. The predicted octanol–water partition coefficient (Wildman–Crippen LogP) is 4.35. The van der Waals surface area contributed by atoms with Crippen molar-refractivity contribution < 1.29 is 29.6 Å². The monoisotopic (exact) mass is 746 g/mol. The molecule has 0 aliphatic rings. The number of ether oxygens (including phenoxy) is 1. The minimum absolute atomic E-state index is 0.332. The molecule has 4 aromatic rings. The van der Waals surface area contributed by atoms with Gasteiger partial charge in [-0.2, -0.15) is 0 Å². The maximum absolute atomic E-state index is 12.3. The van der Waals surface area contributed by atoms with E-state index in [1.165, 1.54) is 16.2 Å². The van der Waals surface area contributed by atoms with E-state index in [1.807, 2.05) is 28.7 Å². The number of hydrogen-bond acceptors (Lipinski definition) is 7. The van der Waals surface area contributed by atoms with Crippen molar-refractivity contribution in [1.82, 2.24) is 9.13 Å². The van der Waals surface area contributed by atoms with Crippen LogP contribution in [0, 0.1) is 7.14 Å². The van der Waals surface area contributed by atoms with Crippen molar-refractivity contribution in [2.75, 3.05) is 0 Å². The number of aromatic nitrogens is 2. The van der Waals surface area contributed by atoms with Gasteiger partial charge in [0.2, 0.25) is 0 Å². The molecule has 2 aromatic carbocycles. The number of nitrogens with zero attached hydrogens (tertiary/aromatic N) is 2. The average Bonchev–Trinajstić information content (AvgIpc) is 2.80. The quantitative estimate of drug-likeness (QED) is 0.203. The van der Waals surface area contributed by atoms with Crippen LogP contribution in [0.15, 0.2) is 46.0 Å². The van der Waals surface area contributed by atoms with Gasteiger partial charge in [-0.05, 0) is 102 Å². The van der Waals surface area contributed by atoms with E-state index in [1.54, 1.807) is 58.2 Å². The maximum atomic E-state index is 12.3. The molecular weight excluding hydrogens is 722 g/mol. The zero-order chi connectivity index (χ0) is 28.7. The summed E-state index contributed by atoms with van der Waals surface area (Å²) in [5.41, 5.74) is -1.90. The van der Waals surface area contributed by atoms with Gasteiger partial charge in [-0.1, -0.05) is 0 Å². The van der Waals surface area contributed by atoms with E-state index < -0.39 is 40.0 Å². The van der Waals surface area contributed by atoms with Gasteiger partial charge in [0.05, 0.1) is 11.0 Å². The van der Waals surface area contributed by atoms with E-state index in [0.717, 1.165) is 7.14 Å². The summed E-state index contributed by atoms with van der Waals surface area (Å²) < 4.78 is 9.50. The van der Waals surface area contributed by atoms with Crippen LogP contribution in [-0.2, 0) is 18.8 Å². The summed E-state index contributed by atoms with van der Waals surface area (Å²) in [5.74, 6) is -3.06. The van der Waals surface area contributed by atoms with Crippen molar-refractivity contribution in [2.24, 2.45) is 14.1 Å². The number of esters is 1. The molecule has 0 amide bonds. The van der Waals surface area contributed by atoms with Gasteiger partial charge < -0.3 is 29.2 Å². The van der Waals surface area contributed by atoms with Gasteiger partial charge >= 0.3 is 11.9 Å². The van der Waals surface area contributed by atoms with Gasteiger partial charge in [0.1, 0.15) is 17.1 Å². The molecule has 10 nitrogen and oxygen atoms in total. The number of pyridine rings is 2. The van der Waals surface area contributed by atoms with Crippen LogP contribution in [-0.4, -0.2) is 42.0 Å². The summed E-state index contributed by atoms with van der Waals surface area (Å²) >= 11 is 4.15. The van der Waals surface area contributed by atoms with Crippen LogP contribution in [0.4, 0.5) is 0 Å². The molecule has 4 rings (SSSR count). The molecule has 0 fully saturated rings. The zero-order valence-corrected chi connectivity index (χ0v) is 25.3. The number of halogens is 2. The van der Waals surface area contributed by atoms with Gasteiger partial charge in [0.25, 0.3) is 11.1 Å². The largest absolute Gasteiger partial charge is 0.506 e. The summed E-state index contributed by atoms with van der Waals surface area (Å²) in [6, 6.07) is 10.4. The molecule has 0 aliphatic carbocycles. The highest BCUT2D eigenvalue weighted by atomic mass is 127. The number of aromatic hydroxyl groups is 2. The first-order chi connectivity index (χ1) is 17.5. The second kappa shape index (κ2) is 10.9. The van der Waals surface area contributed by atoms with E-state index in [0.29, 0.717) is 21.8 Å². The summed E-state index contributed by atoms with van der Waals surface area (Å²) in [5, 5.41) is 29.9. The Bertz CT molecular complexity index is 1730. The molecule has 0 atom stereocenters. The Morgan fingerprint density at radius 3 is 1.58 bits per heavy atom. The molecule has 0 bridgehead atoms. The standard InChI is InChI=1S/C15H16INO4.C11H8INO4/c1-15(2,3)21-14(20)11-12(18)9-7-8(16)5-6-10(9)17(4)13(11)19;1-13-7-3-2-5(12)4-6(7)9(14)8(10(13)15)11(16)17/h5-7,18H,1-4H3;2-4,14H,1H3,(H,16,17). The molecule has 38 heavy (non-hydrogen) atoms. The Labute approximate surface area is 243 Å². The molecule has 2 heterocycles. The maximum Gasteiger partial charge on any atom is 0.348 e.